The predicted octanol–water partition coefficient (Wildman–Crippen LogP) is 3.05. The average molecular weight is 262 g/mol. The minimum atomic E-state index is 0.709. The van der Waals surface area contributed by atoms with Crippen LogP contribution in [0, 0.1) is 0 Å². The molecule has 0 saturated carbocycles. The molecule has 2 heterocycles. The average Bonchev–Trinajstić information content (AvgIpc) is 2.40. The van der Waals surface area contributed by atoms with Gasteiger partial charge in [0, 0.05) is 18.1 Å². The molecule has 2 rings (SSSR count). The second-order valence-electron chi connectivity index (χ2n) is 3.73. The Morgan fingerprint density at radius 3 is 2.47 bits per heavy atom. The highest BCUT2D eigenvalue weighted by Crippen LogP contribution is 2.16. The summed E-state index contributed by atoms with van der Waals surface area (Å²) in [5.74, 6) is 1.55. The number of pyridine rings is 2. The van der Waals surface area contributed by atoms with Crippen molar-refractivity contribution in [3.05, 3.63) is 47.8 Å². The standard InChI is InChI=1S/C13H14N2S2/c16-6-4-10-3-5-14-13(7-10)12-2-1-11(9-17)8-15-12/h1-3,5,7-8,16-17H,4,6,9H2. The fraction of sp³-hybridized carbons (Fsp3) is 0.231. The van der Waals surface area contributed by atoms with Crippen molar-refractivity contribution in [2.24, 2.45) is 0 Å². The van der Waals surface area contributed by atoms with E-state index >= 15 is 0 Å². The molecule has 0 unspecified atom stereocenters. The maximum atomic E-state index is 4.39. The Labute approximate surface area is 112 Å². The van der Waals surface area contributed by atoms with Crippen molar-refractivity contribution in [3.8, 4) is 11.4 Å². The van der Waals surface area contributed by atoms with Crippen molar-refractivity contribution in [3.63, 3.8) is 0 Å². The highest BCUT2D eigenvalue weighted by molar-refractivity contribution is 7.80. The molecule has 0 amide bonds. The van der Waals surface area contributed by atoms with Crippen LogP contribution in [0.3, 0.4) is 0 Å². The van der Waals surface area contributed by atoms with E-state index in [4.69, 9.17) is 0 Å². The van der Waals surface area contributed by atoms with Crippen LogP contribution >= 0.6 is 25.3 Å². The molecule has 0 spiro atoms. The molecule has 0 aliphatic rings. The Hall–Kier alpha value is -1.00. The van der Waals surface area contributed by atoms with E-state index in [1.54, 1.807) is 0 Å². The third-order valence-electron chi connectivity index (χ3n) is 2.49. The molecule has 88 valence electrons. The summed E-state index contributed by atoms with van der Waals surface area (Å²) in [6, 6.07) is 8.10. The predicted molar refractivity (Wildman–Crippen MR) is 77.7 cm³/mol. The summed E-state index contributed by atoms with van der Waals surface area (Å²) in [6.07, 6.45) is 4.62. The Kier molecular flexibility index (Phi) is 4.45. The van der Waals surface area contributed by atoms with E-state index in [1.165, 1.54) is 5.56 Å². The van der Waals surface area contributed by atoms with E-state index < -0.39 is 0 Å². The van der Waals surface area contributed by atoms with Gasteiger partial charge in [-0.1, -0.05) is 6.07 Å². The zero-order chi connectivity index (χ0) is 12.1. The minimum Gasteiger partial charge on any atom is -0.255 e. The van der Waals surface area contributed by atoms with Gasteiger partial charge in [0.15, 0.2) is 0 Å². The third-order valence-corrected chi connectivity index (χ3v) is 3.08. The van der Waals surface area contributed by atoms with Crippen molar-refractivity contribution in [1.82, 2.24) is 9.97 Å². The summed E-state index contributed by atoms with van der Waals surface area (Å²) >= 11 is 8.45. The second-order valence-corrected chi connectivity index (χ2v) is 4.50. The molecule has 0 fully saturated rings. The first kappa shape index (κ1) is 12.5. The molecule has 2 aromatic heterocycles. The van der Waals surface area contributed by atoms with Crippen LogP contribution in [-0.2, 0) is 12.2 Å². The van der Waals surface area contributed by atoms with E-state index in [9.17, 15) is 0 Å². The van der Waals surface area contributed by atoms with Crippen LogP contribution in [0.4, 0.5) is 0 Å². The smallest absolute Gasteiger partial charge is 0.0888 e. The first-order chi connectivity index (χ1) is 8.33. The Morgan fingerprint density at radius 1 is 0.941 bits per heavy atom. The molecule has 0 radical (unpaired) electrons. The quantitative estimate of drug-likeness (QED) is 0.828. The number of thiol groups is 2. The Bertz CT molecular complexity index is 483. The molecule has 0 N–H and O–H groups in total. The zero-order valence-corrected chi connectivity index (χ0v) is 11.2. The topological polar surface area (TPSA) is 25.8 Å². The maximum Gasteiger partial charge on any atom is 0.0888 e. The monoisotopic (exact) mass is 262 g/mol. The first-order valence-corrected chi connectivity index (χ1v) is 6.72. The molecule has 0 aromatic carbocycles. The number of aromatic nitrogens is 2. The van der Waals surface area contributed by atoms with Gasteiger partial charge in [-0.25, -0.2) is 0 Å². The van der Waals surface area contributed by atoms with Crippen LogP contribution in [0.1, 0.15) is 11.1 Å². The van der Waals surface area contributed by atoms with E-state index in [0.717, 1.165) is 29.1 Å². The van der Waals surface area contributed by atoms with Crippen molar-refractivity contribution < 1.29 is 0 Å². The largest absolute Gasteiger partial charge is 0.255 e. The minimum absolute atomic E-state index is 0.709. The molecule has 2 aromatic rings. The van der Waals surface area contributed by atoms with Gasteiger partial charge in [-0.15, -0.1) is 0 Å². The van der Waals surface area contributed by atoms with Gasteiger partial charge in [0.2, 0.25) is 0 Å². The lowest BCUT2D eigenvalue weighted by Crippen LogP contribution is -1.92. The summed E-state index contributed by atoms with van der Waals surface area (Å²) < 4.78 is 0. The van der Waals surface area contributed by atoms with Crippen molar-refractivity contribution in [2.45, 2.75) is 12.2 Å². The van der Waals surface area contributed by atoms with Gasteiger partial charge in [0.1, 0.15) is 0 Å². The molecule has 0 atom stereocenters. The third kappa shape index (κ3) is 3.23. The number of rotatable bonds is 4. The zero-order valence-electron chi connectivity index (χ0n) is 9.37. The van der Waals surface area contributed by atoms with Crippen molar-refractivity contribution in [1.29, 1.82) is 0 Å². The van der Waals surface area contributed by atoms with Crippen LogP contribution in [0.25, 0.3) is 11.4 Å². The van der Waals surface area contributed by atoms with Crippen molar-refractivity contribution >= 4 is 25.3 Å². The SMILES string of the molecule is SCCc1ccnc(-c2ccc(CS)cn2)c1. The highest BCUT2D eigenvalue weighted by atomic mass is 32.1. The highest BCUT2D eigenvalue weighted by Gasteiger charge is 2.02. The molecule has 0 aliphatic carbocycles. The van der Waals surface area contributed by atoms with Crippen LogP contribution in [-0.4, -0.2) is 15.7 Å². The van der Waals surface area contributed by atoms with E-state index in [1.807, 2.05) is 30.6 Å². The summed E-state index contributed by atoms with van der Waals surface area (Å²) in [5.41, 5.74) is 4.17. The molecule has 2 nitrogen and oxygen atoms in total. The van der Waals surface area contributed by atoms with Crippen LogP contribution < -0.4 is 0 Å². The molecule has 17 heavy (non-hydrogen) atoms. The van der Waals surface area contributed by atoms with Gasteiger partial charge in [-0.05, 0) is 41.5 Å². The summed E-state index contributed by atoms with van der Waals surface area (Å²) in [6.45, 7) is 0. The van der Waals surface area contributed by atoms with Gasteiger partial charge in [0.05, 0.1) is 11.4 Å². The van der Waals surface area contributed by atoms with E-state index in [2.05, 4.69) is 41.3 Å². The molecule has 0 bridgehead atoms. The second kappa shape index (κ2) is 6.07. The summed E-state index contributed by atoms with van der Waals surface area (Å²) in [4.78, 5) is 8.73. The van der Waals surface area contributed by atoms with E-state index in [0.29, 0.717) is 5.75 Å². The van der Waals surface area contributed by atoms with Gasteiger partial charge < -0.3 is 0 Å². The fourth-order valence-corrected chi connectivity index (χ4v) is 2.01. The molecule has 0 saturated heterocycles. The Morgan fingerprint density at radius 2 is 1.82 bits per heavy atom. The normalized spacial score (nSPS) is 10.5. The molecule has 4 heteroatoms. The Balaban J connectivity index is 2.28. The number of nitrogens with zero attached hydrogens (tertiary/aromatic N) is 2. The van der Waals surface area contributed by atoms with Gasteiger partial charge in [0.25, 0.3) is 0 Å². The maximum absolute atomic E-state index is 4.39. The number of aryl methyl sites for hydroxylation is 1. The van der Waals surface area contributed by atoms with Crippen LogP contribution in [0.2, 0.25) is 0 Å². The molecular formula is C13H14N2S2. The van der Waals surface area contributed by atoms with Crippen molar-refractivity contribution in [2.75, 3.05) is 5.75 Å². The fourth-order valence-electron chi connectivity index (χ4n) is 1.57. The first-order valence-electron chi connectivity index (χ1n) is 5.45. The van der Waals surface area contributed by atoms with Gasteiger partial charge in [-0.2, -0.15) is 25.3 Å². The lowest BCUT2D eigenvalue weighted by atomic mass is 10.1. The van der Waals surface area contributed by atoms with Gasteiger partial charge >= 0.3 is 0 Å². The molecular weight excluding hydrogens is 248 g/mol. The van der Waals surface area contributed by atoms with Gasteiger partial charge in [-0.3, -0.25) is 9.97 Å². The summed E-state index contributed by atoms with van der Waals surface area (Å²) in [7, 11) is 0. The van der Waals surface area contributed by atoms with E-state index in [-0.39, 0.29) is 0 Å². The van der Waals surface area contributed by atoms with Crippen LogP contribution in [0.15, 0.2) is 36.7 Å². The lowest BCUT2D eigenvalue weighted by Gasteiger charge is -2.03. The number of hydrogen-bond donors (Lipinski definition) is 2. The number of hydrogen-bond acceptors (Lipinski definition) is 4. The van der Waals surface area contributed by atoms with Crippen LogP contribution in [0.5, 0.6) is 0 Å². The lowest BCUT2D eigenvalue weighted by molar-refractivity contribution is 1.13. The summed E-state index contributed by atoms with van der Waals surface area (Å²) in [5, 5.41) is 0. The molecule has 0 aliphatic heterocycles.